The standard InChI is InChI=1S/C12H13BrClN3/c1-6(2)9-4-7-3-8(13)5-10(14)11(7)16-12(9)17-15/h3-6H,15H2,1-2H3,(H,16,17). The fourth-order valence-corrected chi connectivity index (χ4v) is 2.66. The van der Waals surface area contributed by atoms with Crippen LogP contribution in [0.3, 0.4) is 0 Å². The minimum absolute atomic E-state index is 0.343. The SMILES string of the molecule is CC(C)c1cc2cc(Br)cc(Cl)c2nc1NN. The van der Waals surface area contributed by atoms with Crippen LogP contribution in [0.5, 0.6) is 0 Å². The smallest absolute Gasteiger partial charge is 0.144 e. The number of nitrogens with two attached hydrogens (primary N) is 1. The second kappa shape index (κ2) is 4.80. The summed E-state index contributed by atoms with van der Waals surface area (Å²) in [6.45, 7) is 4.20. The molecule has 0 atom stereocenters. The lowest BCUT2D eigenvalue weighted by Gasteiger charge is -2.13. The molecule has 0 radical (unpaired) electrons. The molecule has 0 aliphatic carbocycles. The van der Waals surface area contributed by atoms with Crippen LogP contribution >= 0.6 is 27.5 Å². The van der Waals surface area contributed by atoms with Gasteiger partial charge in [0, 0.05) is 9.86 Å². The Morgan fingerprint density at radius 3 is 2.65 bits per heavy atom. The van der Waals surface area contributed by atoms with Crippen molar-refractivity contribution in [3.05, 3.63) is 33.3 Å². The molecule has 0 spiro atoms. The number of pyridine rings is 1. The summed E-state index contributed by atoms with van der Waals surface area (Å²) in [6, 6.07) is 5.89. The lowest BCUT2D eigenvalue weighted by molar-refractivity contribution is 0.862. The van der Waals surface area contributed by atoms with E-state index in [1.54, 1.807) is 0 Å². The maximum atomic E-state index is 6.16. The van der Waals surface area contributed by atoms with Crippen LogP contribution in [0.1, 0.15) is 25.3 Å². The molecule has 3 nitrogen and oxygen atoms in total. The summed E-state index contributed by atoms with van der Waals surface area (Å²) in [5, 5.41) is 1.62. The highest BCUT2D eigenvalue weighted by atomic mass is 79.9. The van der Waals surface area contributed by atoms with E-state index < -0.39 is 0 Å². The molecule has 1 aromatic carbocycles. The van der Waals surface area contributed by atoms with Crippen LogP contribution in [0.4, 0.5) is 5.82 Å². The van der Waals surface area contributed by atoms with Crippen LogP contribution in [-0.2, 0) is 0 Å². The van der Waals surface area contributed by atoms with Crippen LogP contribution in [0, 0.1) is 0 Å². The molecule has 1 aromatic heterocycles. The number of rotatable bonds is 2. The van der Waals surface area contributed by atoms with Crippen molar-refractivity contribution in [2.45, 2.75) is 19.8 Å². The first-order valence-electron chi connectivity index (χ1n) is 5.29. The van der Waals surface area contributed by atoms with Gasteiger partial charge in [0.15, 0.2) is 0 Å². The fraction of sp³-hybridized carbons (Fsp3) is 0.250. The van der Waals surface area contributed by atoms with Crippen LogP contribution in [-0.4, -0.2) is 4.98 Å². The summed E-state index contributed by atoms with van der Waals surface area (Å²) < 4.78 is 0.944. The summed E-state index contributed by atoms with van der Waals surface area (Å²) >= 11 is 9.59. The van der Waals surface area contributed by atoms with E-state index in [0.717, 1.165) is 20.9 Å². The molecule has 2 rings (SSSR count). The number of hydrogen-bond donors (Lipinski definition) is 2. The topological polar surface area (TPSA) is 50.9 Å². The van der Waals surface area contributed by atoms with E-state index >= 15 is 0 Å². The molecule has 5 heteroatoms. The molecular weight excluding hydrogens is 302 g/mol. The van der Waals surface area contributed by atoms with Crippen molar-refractivity contribution >= 4 is 44.3 Å². The predicted octanol–water partition coefficient (Wildman–Crippen LogP) is 4.06. The number of fused-ring (bicyclic) bond motifs is 1. The summed E-state index contributed by atoms with van der Waals surface area (Å²) in [5.41, 5.74) is 4.46. The van der Waals surface area contributed by atoms with Gasteiger partial charge in [0.05, 0.1) is 10.5 Å². The molecular formula is C12H13BrClN3. The van der Waals surface area contributed by atoms with Crippen LogP contribution in [0.15, 0.2) is 22.7 Å². The van der Waals surface area contributed by atoms with Crippen molar-refractivity contribution in [3.8, 4) is 0 Å². The average molecular weight is 315 g/mol. The zero-order valence-corrected chi connectivity index (χ0v) is 11.9. The molecule has 0 saturated carbocycles. The molecule has 17 heavy (non-hydrogen) atoms. The van der Waals surface area contributed by atoms with E-state index in [1.165, 1.54) is 0 Å². The minimum Gasteiger partial charge on any atom is -0.308 e. The van der Waals surface area contributed by atoms with E-state index in [2.05, 4.69) is 46.3 Å². The first-order chi connectivity index (χ1) is 8.02. The average Bonchev–Trinajstić information content (AvgIpc) is 2.27. The number of nitrogens with zero attached hydrogens (tertiary/aromatic N) is 1. The number of aromatic nitrogens is 1. The number of hydrogen-bond acceptors (Lipinski definition) is 3. The summed E-state index contributed by atoms with van der Waals surface area (Å²) in [4.78, 5) is 4.47. The Morgan fingerprint density at radius 2 is 2.06 bits per heavy atom. The third-order valence-electron chi connectivity index (χ3n) is 2.62. The zero-order chi connectivity index (χ0) is 12.6. The van der Waals surface area contributed by atoms with Crippen molar-refractivity contribution in [1.29, 1.82) is 0 Å². The summed E-state index contributed by atoms with van der Waals surface area (Å²) in [7, 11) is 0. The van der Waals surface area contributed by atoms with Gasteiger partial charge in [-0.05, 0) is 29.7 Å². The van der Waals surface area contributed by atoms with Gasteiger partial charge < -0.3 is 5.43 Å². The highest BCUT2D eigenvalue weighted by molar-refractivity contribution is 9.10. The Bertz CT molecular complexity index is 569. The molecule has 0 bridgehead atoms. The van der Waals surface area contributed by atoms with Crippen LogP contribution in [0.25, 0.3) is 10.9 Å². The van der Waals surface area contributed by atoms with Crippen molar-refractivity contribution in [2.75, 3.05) is 5.43 Å². The molecule has 0 aliphatic heterocycles. The monoisotopic (exact) mass is 313 g/mol. The van der Waals surface area contributed by atoms with E-state index in [1.807, 2.05) is 12.1 Å². The number of halogens is 2. The Balaban J connectivity index is 2.78. The molecule has 0 fully saturated rings. The summed E-state index contributed by atoms with van der Waals surface area (Å²) in [5.74, 6) is 6.52. The van der Waals surface area contributed by atoms with Gasteiger partial charge in [-0.15, -0.1) is 0 Å². The van der Waals surface area contributed by atoms with Gasteiger partial charge in [0.1, 0.15) is 5.82 Å². The first-order valence-corrected chi connectivity index (χ1v) is 6.46. The Labute approximate surface area is 113 Å². The highest BCUT2D eigenvalue weighted by Gasteiger charge is 2.11. The lowest BCUT2D eigenvalue weighted by Crippen LogP contribution is -2.12. The number of anilines is 1. The third-order valence-corrected chi connectivity index (χ3v) is 3.37. The quantitative estimate of drug-likeness (QED) is 0.649. The summed E-state index contributed by atoms with van der Waals surface area (Å²) in [6.07, 6.45) is 0. The predicted molar refractivity (Wildman–Crippen MR) is 76.4 cm³/mol. The van der Waals surface area contributed by atoms with Crippen LogP contribution < -0.4 is 11.3 Å². The van der Waals surface area contributed by atoms with Gasteiger partial charge in [-0.1, -0.05) is 41.4 Å². The Kier molecular flexibility index (Phi) is 3.56. The van der Waals surface area contributed by atoms with Crippen LogP contribution in [0.2, 0.25) is 5.02 Å². The Hall–Kier alpha value is -0.840. The molecule has 0 unspecified atom stereocenters. The normalized spacial score (nSPS) is 11.2. The second-order valence-corrected chi connectivity index (χ2v) is 5.51. The number of hydrazine groups is 1. The van der Waals surface area contributed by atoms with Gasteiger partial charge >= 0.3 is 0 Å². The van der Waals surface area contributed by atoms with Gasteiger partial charge in [-0.2, -0.15) is 0 Å². The van der Waals surface area contributed by atoms with Crippen molar-refractivity contribution in [1.82, 2.24) is 4.98 Å². The third kappa shape index (κ3) is 2.39. The maximum Gasteiger partial charge on any atom is 0.144 e. The fourth-order valence-electron chi connectivity index (χ4n) is 1.78. The maximum absolute atomic E-state index is 6.16. The first kappa shape index (κ1) is 12.6. The van der Waals surface area contributed by atoms with Crippen molar-refractivity contribution in [2.24, 2.45) is 5.84 Å². The lowest BCUT2D eigenvalue weighted by atomic mass is 10.0. The molecule has 2 aromatic rings. The zero-order valence-electron chi connectivity index (χ0n) is 9.59. The molecule has 1 heterocycles. The Morgan fingerprint density at radius 1 is 1.35 bits per heavy atom. The van der Waals surface area contributed by atoms with E-state index in [0.29, 0.717) is 16.8 Å². The second-order valence-electron chi connectivity index (χ2n) is 4.18. The van der Waals surface area contributed by atoms with Crippen molar-refractivity contribution in [3.63, 3.8) is 0 Å². The number of nitrogens with one attached hydrogen (secondary N) is 1. The van der Waals surface area contributed by atoms with Crippen molar-refractivity contribution < 1.29 is 0 Å². The van der Waals surface area contributed by atoms with Gasteiger partial charge in [-0.25, -0.2) is 10.8 Å². The molecule has 90 valence electrons. The highest BCUT2D eigenvalue weighted by Crippen LogP contribution is 2.32. The largest absolute Gasteiger partial charge is 0.308 e. The van der Waals surface area contributed by atoms with E-state index in [9.17, 15) is 0 Å². The molecule has 0 amide bonds. The minimum atomic E-state index is 0.343. The molecule has 3 N–H and O–H groups in total. The van der Waals surface area contributed by atoms with Gasteiger partial charge in [0.2, 0.25) is 0 Å². The number of nitrogen functional groups attached to an aromatic ring is 1. The molecule has 0 aliphatic rings. The van der Waals surface area contributed by atoms with Gasteiger partial charge in [0.25, 0.3) is 0 Å². The van der Waals surface area contributed by atoms with E-state index in [4.69, 9.17) is 17.4 Å². The molecule has 0 saturated heterocycles. The number of benzene rings is 1. The van der Waals surface area contributed by atoms with E-state index in [-0.39, 0.29) is 0 Å². The van der Waals surface area contributed by atoms with Gasteiger partial charge in [-0.3, -0.25) is 0 Å².